The molecule has 25 heavy (non-hydrogen) atoms. The summed E-state index contributed by atoms with van der Waals surface area (Å²) in [6, 6.07) is 9.89. The molecule has 1 N–H and O–H groups in total. The Kier molecular flexibility index (Phi) is 4.30. The first-order valence-corrected chi connectivity index (χ1v) is 9.54. The average Bonchev–Trinajstić information content (AvgIpc) is 2.89. The van der Waals surface area contributed by atoms with E-state index in [4.69, 9.17) is 0 Å². The lowest BCUT2D eigenvalue weighted by molar-refractivity contribution is -0.115. The molecule has 2 aromatic heterocycles. The van der Waals surface area contributed by atoms with Gasteiger partial charge in [0.25, 0.3) is 0 Å². The number of nitrogens with one attached hydrogen (secondary N) is 1. The van der Waals surface area contributed by atoms with Gasteiger partial charge < -0.3 is 5.32 Å². The summed E-state index contributed by atoms with van der Waals surface area (Å²) in [5, 5.41) is 7.07. The van der Waals surface area contributed by atoms with Gasteiger partial charge in [0.05, 0.1) is 11.3 Å². The van der Waals surface area contributed by atoms with E-state index in [2.05, 4.69) is 15.4 Å². The quantitative estimate of drug-likeness (QED) is 0.769. The Labute approximate surface area is 145 Å². The molecule has 7 nitrogen and oxygen atoms in total. The highest BCUT2D eigenvalue weighted by atomic mass is 32.2. The van der Waals surface area contributed by atoms with Gasteiger partial charge >= 0.3 is 0 Å². The van der Waals surface area contributed by atoms with E-state index in [1.807, 2.05) is 19.9 Å². The van der Waals surface area contributed by atoms with Gasteiger partial charge in [-0.25, -0.2) is 17.9 Å². The normalized spacial score (nSPS) is 11.6. The molecular formula is C17H18N4O3S. The summed E-state index contributed by atoms with van der Waals surface area (Å²) in [6.45, 7) is 3.82. The lowest BCUT2D eigenvalue weighted by Crippen LogP contribution is -2.15. The molecule has 2 heterocycles. The number of fused-ring (bicyclic) bond motifs is 1. The van der Waals surface area contributed by atoms with Crippen molar-refractivity contribution in [3.05, 3.63) is 53.3 Å². The molecule has 1 amide bonds. The van der Waals surface area contributed by atoms with E-state index in [1.54, 1.807) is 22.7 Å². The molecule has 0 radical (unpaired) electrons. The third-order valence-corrected chi connectivity index (χ3v) is 4.85. The Hall–Kier alpha value is -2.74. The number of hydrogen-bond acceptors (Lipinski definition) is 5. The number of anilines is 1. The minimum Gasteiger partial charge on any atom is -0.309 e. The molecule has 0 aliphatic heterocycles. The smallest absolute Gasteiger partial charge is 0.229 e. The minimum absolute atomic E-state index is 0.128. The molecule has 0 aliphatic carbocycles. The van der Waals surface area contributed by atoms with Crippen molar-refractivity contribution in [2.45, 2.75) is 25.2 Å². The van der Waals surface area contributed by atoms with Crippen molar-refractivity contribution in [2.24, 2.45) is 0 Å². The number of sulfone groups is 1. The van der Waals surface area contributed by atoms with Gasteiger partial charge in [0.2, 0.25) is 5.91 Å². The van der Waals surface area contributed by atoms with Crippen LogP contribution in [0.25, 0.3) is 5.65 Å². The van der Waals surface area contributed by atoms with Gasteiger partial charge in [0, 0.05) is 23.7 Å². The summed E-state index contributed by atoms with van der Waals surface area (Å²) in [4.78, 5) is 16.8. The second kappa shape index (κ2) is 6.29. The number of rotatable bonds is 4. The summed E-state index contributed by atoms with van der Waals surface area (Å²) in [5.41, 5.74) is 3.21. The summed E-state index contributed by atoms with van der Waals surface area (Å²) < 4.78 is 24.6. The van der Waals surface area contributed by atoms with Crippen molar-refractivity contribution in [1.82, 2.24) is 14.6 Å². The first kappa shape index (κ1) is 17.1. The van der Waals surface area contributed by atoms with Gasteiger partial charge in [-0.05, 0) is 37.6 Å². The van der Waals surface area contributed by atoms with Crippen molar-refractivity contribution in [2.75, 3.05) is 11.6 Å². The number of nitrogens with zero attached hydrogens (tertiary/aromatic N) is 3. The van der Waals surface area contributed by atoms with Crippen molar-refractivity contribution in [3.8, 4) is 0 Å². The van der Waals surface area contributed by atoms with Crippen molar-refractivity contribution < 1.29 is 13.2 Å². The number of carbonyl (C=O) groups excluding carboxylic acids is 1. The van der Waals surface area contributed by atoms with E-state index < -0.39 is 9.84 Å². The molecule has 0 aliphatic rings. The highest BCUT2D eigenvalue weighted by Crippen LogP contribution is 2.14. The Morgan fingerprint density at radius 3 is 2.48 bits per heavy atom. The Balaban J connectivity index is 1.73. The topological polar surface area (TPSA) is 93.4 Å². The van der Waals surface area contributed by atoms with Crippen molar-refractivity contribution >= 4 is 27.2 Å². The highest BCUT2D eigenvalue weighted by molar-refractivity contribution is 7.90. The number of benzene rings is 1. The molecular weight excluding hydrogens is 340 g/mol. The Morgan fingerprint density at radius 1 is 1.16 bits per heavy atom. The van der Waals surface area contributed by atoms with Crippen molar-refractivity contribution in [1.29, 1.82) is 0 Å². The van der Waals surface area contributed by atoms with Crippen molar-refractivity contribution in [3.63, 3.8) is 0 Å². The summed E-state index contributed by atoms with van der Waals surface area (Å²) in [7, 11) is -3.24. The van der Waals surface area contributed by atoms with Crippen LogP contribution in [0.1, 0.15) is 17.0 Å². The van der Waals surface area contributed by atoms with Gasteiger partial charge in [-0.1, -0.05) is 12.1 Å². The van der Waals surface area contributed by atoms with Gasteiger partial charge in [-0.3, -0.25) is 4.79 Å². The van der Waals surface area contributed by atoms with Gasteiger partial charge in [-0.2, -0.15) is 0 Å². The van der Waals surface area contributed by atoms with E-state index in [9.17, 15) is 13.2 Å². The van der Waals surface area contributed by atoms with E-state index in [-0.39, 0.29) is 17.2 Å². The number of aryl methyl sites for hydroxylation is 2. The number of aromatic nitrogens is 3. The highest BCUT2D eigenvalue weighted by Gasteiger charge is 2.11. The predicted octanol–water partition coefficient (Wildman–Crippen LogP) is 1.93. The summed E-state index contributed by atoms with van der Waals surface area (Å²) in [5.74, 6) is 0.198. The fourth-order valence-electron chi connectivity index (χ4n) is 2.57. The van der Waals surface area contributed by atoms with Crippen LogP contribution in [0.4, 0.5) is 5.82 Å². The van der Waals surface area contributed by atoms with Crippen LogP contribution in [0.2, 0.25) is 0 Å². The molecule has 8 heteroatoms. The molecule has 0 saturated heterocycles. The second-order valence-corrected chi connectivity index (χ2v) is 8.00. The van der Waals surface area contributed by atoms with Gasteiger partial charge in [0.1, 0.15) is 0 Å². The molecule has 0 bridgehead atoms. The fourth-order valence-corrected chi connectivity index (χ4v) is 3.21. The zero-order valence-corrected chi connectivity index (χ0v) is 15.0. The van der Waals surface area contributed by atoms with Crippen LogP contribution >= 0.6 is 0 Å². The van der Waals surface area contributed by atoms with E-state index in [0.29, 0.717) is 11.5 Å². The Bertz CT molecular complexity index is 1050. The van der Waals surface area contributed by atoms with Crippen LogP contribution in [-0.4, -0.2) is 35.2 Å². The monoisotopic (exact) mass is 358 g/mol. The first-order chi connectivity index (χ1) is 11.7. The first-order valence-electron chi connectivity index (χ1n) is 7.65. The number of amides is 1. The molecule has 0 unspecified atom stereocenters. The van der Waals surface area contributed by atoms with Gasteiger partial charge in [-0.15, -0.1) is 5.10 Å². The molecule has 0 fully saturated rings. The van der Waals surface area contributed by atoms with Crippen LogP contribution in [0.3, 0.4) is 0 Å². The average molecular weight is 358 g/mol. The fraction of sp³-hybridized carbons (Fsp3) is 0.235. The van der Waals surface area contributed by atoms with E-state index >= 15 is 0 Å². The molecule has 130 valence electrons. The molecule has 0 saturated carbocycles. The minimum atomic E-state index is -3.24. The van der Waals surface area contributed by atoms with Crippen LogP contribution < -0.4 is 5.32 Å². The molecule has 0 spiro atoms. The molecule has 3 aromatic rings. The summed E-state index contributed by atoms with van der Waals surface area (Å²) >= 11 is 0. The Morgan fingerprint density at radius 2 is 1.84 bits per heavy atom. The van der Waals surface area contributed by atoms with Gasteiger partial charge in [0.15, 0.2) is 21.3 Å². The molecule has 3 rings (SSSR count). The van der Waals surface area contributed by atoms with E-state index in [0.717, 1.165) is 23.2 Å². The molecule has 0 atom stereocenters. The number of carbonyl (C=O) groups is 1. The second-order valence-electron chi connectivity index (χ2n) is 5.98. The zero-order valence-electron chi connectivity index (χ0n) is 14.1. The number of hydrogen-bond donors (Lipinski definition) is 1. The maximum Gasteiger partial charge on any atom is 0.229 e. The summed E-state index contributed by atoms with van der Waals surface area (Å²) in [6.07, 6.45) is 1.28. The van der Waals surface area contributed by atoms with Crippen LogP contribution in [0.5, 0.6) is 0 Å². The van der Waals surface area contributed by atoms with E-state index in [1.165, 1.54) is 12.1 Å². The zero-order chi connectivity index (χ0) is 18.2. The maximum atomic E-state index is 12.2. The maximum absolute atomic E-state index is 12.2. The van der Waals surface area contributed by atoms with Crippen LogP contribution in [0.15, 0.2) is 41.3 Å². The van der Waals surface area contributed by atoms with Crippen LogP contribution in [-0.2, 0) is 21.1 Å². The largest absolute Gasteiger partial charge is 0.309 e. The predicted molar refractivity (Wildman–Crippen MR) is 94.3 cm³/mol. The third kappa shape index (κ3) is 3.85. The van der Waals surface area contributed by atoms with Crippen LogP contribution in [0, 0.1) is 13.8 Å². The standard InChI is InChI=1S/C17H18N4O3S/c1-11-8-12(2)21-16(18-11)10-15(20-21)19-17(22)9-13-4-6-14(7-5-13)25(3,23)24/h4-8,10H,9H2,1-3H3,(H,19,20,22). The molecule has 1 aromatic carbocycles. The SMILES string of the molecule is Cc1cc(C)n2nc(NC(=O)Cc3ccc(S(C)(=O)=O)cc3)cc2n1. The third-order valence-electron chi connectivity index (χ3n) is 3.72. The lowest BCUT2D eigenvalue weighted by Gasteiger charge is -2.03. The lowest BCUT2D eigenvalue weighted by atomic mass is 10.1.